The normalized spacial score (nSPS) is 24.7. The fourth-order valence-electron chi connectivity index (χ4n) is 15.4. The van der Waals surface area contributed by atoms with Gasteiger partial charge in [0.05, 0.1) is 19.2 Å². The number of nitrogens with zero attached hydrogens (tertiary/aromatic N) is 3. The average molecular weight is 946 g/mol. The molecule has 0 radical (unpaired) electrons. The van der Waals surface area contributed by atoms with Gasteiger partial charge in [0.2, 0.25) is 0 Å². The van der Waals surface area contributed by atoms with E-state index in [1.54, 1.807) is 10.8 Å². The standard InChI is InChI=1S/C66H72BN3Si/c1-61(2,3)45-26-22-27-47(37-45)68-56-38-46(62(4,5)6)31-32-53(56)67-54-42-49(71(10,11)12)41-52-60(54)70(64(8)34-20-21-35-66(52,64)44-24-14-13-15-25-44)58-40-48(39-57(68)59(58)67)69-55-30-19-18-29-51(55)63(7)36-33-43-23-16-17-28-50(43)65(63,69)9/h13-19,22-32,37-42H,20-21,33-36H2,1-12H3. The van der Waals surface area contributed by atoms with Crippen molar-refractivity contribution in [3.63, 3.8) is 0 Å². The molecule has 1 fully saturated rings. The van der Waals surface area contributed by atoms with E-state index in [-0.39, 0.29) is 39.5 Å². The Bertz CT molecular complexity index is 3370. The predicted molar refractivity (Wildman–Crippen MR) is 307 cm³/mol. The van der Waals surface area contributed by atoms with Crippen LogP contribution in [-0.4, -0.2) is 20.3 Å². The molecule has 71 heavy (non-hydrogen) atoms. The number of anilines is 7. The quantitative estimate of drug-likeness (QED) is 0.163. The van der Waals surface area contributed by atoms with Gasteiger partial charge in [-0.1, -0.05) is 195 Å². The van der Waals surface area contributed by atoms with Crippen molar-refractivity contribution in [1.29, 1.82) is 0 Å². The second-order valence-electron chi connectivity index (χ2n) is 26.2. The summed E-state index contributed by atoms with van der Waals surface area (Å²) in [5, 5.41) is 1.57. The molecule has 5 heteroatoms. The third-order valence-electron chi connectivity index (χ3n) is 19.4. The molecule has 0 amide bonds. The van der Waals surface area contributed by atoms with Crippen molar-refractivity contribution < 1.29 is 0 Å². The Morgan fingerprint density at radius 2 is 1.20 bits per heavy atom. The topological polar surface area (TPSA) is 9.72 Å². The number of hydrogen-bond donors (Lipinski definition) is 0. The van der Waals surface area contributed by atoms with E-state index >= 15 is 0 Å². The molecular formula is C66H72BN3Si. The summed E-state index contributed by atoms with van der Waals surface area (Å²) in [6, 6.07) is 58.6. The fourth-order valence-corrected chi connectivity index (χ4v) is 16.6. The third-order valence-corrected chi connectivity index (χ3v) is 21.4. The molecule has 0 aromatic heterocycles. The Balaban J connectivity index is 1.21. The molecular weight excluding hydrogens is 874 g/mol. The van der Waals surface area contributed by atoms with Gasteiger partial charge in [0, 0.05) is 50.6 Å². The summed E-state index contributed by atoms with van der Waals surface area (Å²) in [4.78, 5) is 8.52. The molecule has 4 atom stereocenters. The summed E-state index contributed by atoms with van der Waals surface area (Å²) >= 11 is 0. The highest BCUT2D eigenvalue weighted by Gasteiger charge is 2.65. The summed E-state index contributed by atoms with van der Waals surface area (Å²) in [5.74, 6) is 0. The Morgan fingerprint density at radius 1 is 0.521 bits per heavy atom. The molecule has 4 heterocycles. The summed E-state index contributed by atoms with van der Waals surface area (Å²) in [5.41, 5.74) is 23.0. The summed E-state index contributed by atoms with van der Waals surface area (Å²) in [7, 11) is -1.84. The Hall–Kier alpha value is -5.78. The fraction of sp³-hybridized carbons (Fsp3) is 0.364. The number of fused-ring (bicyclic) bond motifs is 12. The molecule has 3 nitrogen and oxygen atoms in total. The molecule has 358 valence electrons. The molecule has 4 unspecified atom stereocenters. The number of benzene rings is 7. The van der Waals surface area contributed by atoms with E-state index in [4.69, 9.17) is 0 Å². The largest absolute Gasteiger partial charge is 0.335 e. The second-order valence-corrected chi connectivity index (χ2v) is 31.3. The van der Waals surface area contributed by atoms with Crippen LogP contribution in [0.25, 0.3) is 0 Å². The monoisotopic (exact) mass is 946 g/mol. The Kier molecular flexibility index (Phi) is 9.33. The van der Waals surface area contributed by atoms with E-state index in [2.05, 4.69) is 242 Å². The first-order valence-corrected chi connectivity index (χ1v) is 30.5. The van der Waals surface area contributed by atoms with E-state index in [9.17, 15) is 0 Å². The van der Waals surface area contributed by atoms with Crippen LogP contribution in [0.4, 0.5) is 39.8 Å². The highest BCUT2D eigenvalue weighted by Crippen LogP contribution is 2.67. The van der Waals surface area contributed by atoms with Crippen LogP contribution < -0.4 is 36.3 Å². The van der Waals surface area contributed by atoms with Crippen molar-refractivity contribution in [3.8, 4) is 0 Å². The van der Waals surface area contributed by atoms with Gasteiger partial charge in [0.15, 0.2) is 0 Å². The minimum Gasteiger partial charge on any atom is -0.335 e. The van der Waals surface area contributed by atoms with Gasteiger partial charge in [-0.25, -0.2) is 0 Å². The van der Waals surface area contributed by atoms with Crippen LogP contribution in [0.2, 0.25) is 19.6 Å². The van der Waals surface area contributed by atoms with Crippen LogP contribution >= 0.6 is 0 Å². The van der Waals surface area contributed by atoms with Gasteiger partial charge in [-0.15, -0.1) is 0 Å². The minimum absolute atomic E-state index is 0.0210. The van der Waals surface area contributed by atoms with E-state index in [1.807, 2.05) is 0 Å². The maximum atomic E-state index is 2.98. The summed E-state index contributed by atoms with van der Waals surface area (Å²) in [6.45, 7) is 29.8. The Morgan fingerprint density at radius 3 is 1.94 bits per heavy atom. The molecule has 0 N–H and O–H groups in total. The zero-order valence-corrected chi connectivity index (χ0v) is 45.5. The van der Waals surface area contributed by atoms with E-state index in [1.165, 1.54) is 102 Å². The van der Waals surface area contributed by atoms with Crippen molar-refractivity contribution in [2.75, 3.05) is 14.7 Å². The lowest BCUT2D eigenvalue weighted by Crippen LogP contribution is -2.65. The molecule has 13 rings (SSSR count). The number of aryl methyl sites for hydroxylation is 1. The number of rotatable bonds is 4. The molecule has 0 saturated heterocycles. The van der Waals surface area contributed by atoms with Gasteiger partial charge in [-0.3, -0.25) is 0 Å². The van der Waals surface area contributed by atoms with Crippen molar-refractivity contribution >= 4 is 76.2 Å². The van der Waals surface area contributed by atoms with Crippen LogP contribution in [0.5, 0.6) is 0 Å². The zero-order valence-electron chi connectivity index (χ0n) is 44.5. The molecule has 2 aliphatic carbocycles. The van der Waals surface area contributed by atoms with Crippen molar-refractivity contribution in [1.82, 2.24) is 0 Å². The van der Waals surface area contributed by atoms with Crippen molar-refractivity contribution in [2.45, 2.75) is 153 Å². The average Bonchev–Trinajstić information content (AvgIpc) is 3.72. The molecule has 0 spiro atoms. The van der Waals surface area contributed by atoms with Crippen LogP contribution in [0.3, 0.4) is 0 Å². The zero-order chi connectivity index (χ0) is 49.4. The molecule has 1 saturated carbocycles. The summed E-state index contributed by atoms with van der Waals surface area (Å²) in [6.07, 6.45) is 6.89. The smallest absolute Gasteiger partial charge is 0.252 e. The van der Waals surface area contributed by atoms with Crippen molar-refractivity contribution in [2.24, 2.45) is 0 Å². The van der Waals surface area contributed by atoms with Crippen molar-refractivity contribution in [3.05, 3.63) is 185 Å². The minimum atomic E-state index is -1.84. The molecule has 7 aromatic rings. The summed E-state index contributed by atoms with van der Waals surface area (Å²) < 4.78 is 0. The van der Waals surface area contributed by atoms with E-state index in [0.29, 0.717) is 0 Å². The SMILES string of the molecule is CC(C)(C)c1cccc(N2c3cc(C(C)(C)C)ccc3B3c4cc([Si](C)(C)C)cc5c4N(c4cc(N6c7ccccc7C7(C)CCc8ccccc8C67C)cc2c43)C2(C)CCCCC52c2ccccc2)c1. The van der Waals surface area contributed by atoms with Crippen LogP contribution in [0.15, 0.2) is 146 Å². The predicted octanol–water partition coefficient (Wildman–Crippen LogP) is 14.5. The van der Waals surface area contributed by atoms with Gasteiger partial charge >= 0.3 is 0 Å². The van der Waals surface area contributed by atoms with Gasteiger partial charge in [-0.2, -0.15) is 0 Å². The first-order chi connectivity index (χ1) is 33.7. The van der Waals surface area contributed by atoms with Gasteiger partial charge < -0.3 is 14.7 Å². The molecule has 7 aromatic carbocycles. The first kappa shape index (κ1) is 45.1. The van der Waals surface area contributed by atoms with E-state index < -0.39 is 8.07 Å². The second kappa shape index (κ2) is 14.7. The lowest BCUT2D eigenvalue weighted by molar-refractivity contribution is 0.215. The van der Waals surface area contributed by atoms with Crippen LogP contribution in [0.1, 0.15) is 133 Å². The lowest BCUT2D eigenvalue weighted by Gasteiger charge is -2.55. The number of hydrogen-bond acceptors (Lipinski definition) is 3. The van der Waals surface area contributed by atoms with Gasteiger partial charge in [0.1, 0.15) is 0 Å². The third kappa shape index (κ3) is 5.85. The van der Waals surface area contributed by atoms with Gasteiger partial charge in [0.25, 0.3) is 6.71 Å². The number of para-hydroxylation sites is 1. The highest BCUT2D eigenvalue weighted by molar-refractivity contribution is 7.01. The lowest BCUT2D eigenvalue weighted by atomic mass is 9.33. The Labute approximate surface area is 426 Å². The van der Waals surface area contributed by atoms with E-state index in [0.717, 1.165) is 25.7 Å². The van der Waals surface area contributed by atoms with Crippen LogP contribution in [0, 0.1) is 0 Å². The van der Waals surface area contributed by atoms with Crippen LogP contribution in [-0.2, 0) is 33.6 Å². The molecule has 0 bridgehead atoms. The maximum absolute atomic E-state index is 2.98. The highest BCUT2D eigenvalue weighted by atomic mass is 28.3. The molecule has 4 aliphatic heterocycles. The first-order valence-electron chi connectivity index (χ1n) is 27.0. The molecule has 6 aliphatic rings. The maximum Gasteiger partial charge on any atom is 0.252 e. The van der Waals surface area contributed by atoms with Gasteiger partial charge in [-0.05, 0) is 142 Å².